The summed E-state index contributed by atoms with van der Waals surface area (Å²) in [5.74, 6) is 1.27. The second-order valence-corrected chi connectivity index (χ2v) is 6.79. The van der Waals surface area contributed by atoms with E-state index in [1.807, 2.05) is 14.0 Å². The summed E-state index contributed by atoms with van der Waals surface area (Å²) < 4.78 is 6.79. The molecule has 1 aliphatic heterocycles. The van der Waals surface area contributed by atoms with E-state index in [-0.39, 0.29) is 24.3 Å². The van der Waals surface area contributed by atoms with Crippen molar-refractivity contribution in [2.24, 2.45) is 0 Å². The zero-order chi connectivity index (χ0) is 19.6. The number of aryl methyl sites for hydroxylation is 1. The van der Waals surface area contributed by atoms with Crippen LogP contribution in [0.5, 0.6) is 0 Å². The van der Waals surface area contributed by atoms with Crippen molar-refractivity contribution in [2.75, 3.05) is 31.6 Å². The lowest BCUT2D eigenvalue weighted by Crippen LogP contribution is -2.38. The van der Waals surface area contributed by atoms with E-state index in [1.165, 1.54) is 6.33 Å². The third kappa shape index (κ3) is 3.86. The molecular weight excluding hydrogens is 348 g/mol. The fourth-order valence-corrected chi connectivity index (χ4v) is 3.55. The number of ether oxygens (including phenoxy) is 1. The molecule has 27 heavy (non-hydrogen) atoms. The molecule has 0 saturated carbocycles. The molecule has 0 aliphatic carbocycles. The second-order valence-electron chi connectivity index (χ2n) is 6.79. The zero-order valence-electron chi connectivity index (χ0n) is 16.3. The molecule has 0 radical (unpaired) electrons. The minimum absolute atomic E-state index is 0.0567. The van der Waals surface area contributed by atoms with Gasteiger partial charge in [-0.1, -0.05) is 0 Å². The molecular formula is C18H26N6O3. The Hall–Kier alpha value is -2.71. The highest BCUT2D eigenvalue weighted by Crippen LogP contribution is 2.29. The van der Waals surface area contributed by atoms with Gasteiger partial charge < -0.3 is 14.5 Å². The number of hydrogen-bond donors (Lipinski definition) is 0. The molecule has 1 atom stereocenters. The van der Waals surface area contributed by atoms with Crippen LogP contribution in [0.2, 0.25) is 0 Å². The third-order valence-electron chi connectivity index (χ3n) is 5.10. The first kappa shape index (κ1) is 19.1. The lowest BCUT2D eigenvalue weighted by molar-refractivity contribution is -0.143. The van der Waals surface area contributed by atoms with E-state index in [0.29, 0.717) is 25.4 Å². The molecule has 0 spiro atoms. The number of nitrogens with zero attached hydrogens (tertiary/aromatic N) is 6. The number of carbonyl (C=O) groups excluding carboxylic acids is 2. The van der Waals surface area contributed by atoms with Gasteiger partial charge >= 0.3 is 5.97 Å². The van der Waals surface area contributed by atoms with Crippen molar-refractivity contribution in [3.8, 4) is 0 Å². The number of rotatable bonds is 6. The monoisotopic (exact) mass is 374 g/mol. The van der Waals surface area contributed by atoms with E-state index in [4.69, 9.17) is 4.74 Å². The zero-order valence-corrected chi connectivity index (χ0v) is 16.3. The SMILES string of the molecule is CCOC(=O)CCc1c(C)nc2ncnn2c1N1CCC(N(C)C(C)=O)C1. The number of amides is 1. The van der Waals surface area contributed by atoms with Crippen LogP contribution < -0.4 is 4.90 Å². The molecule has 3 rings (SSSR count). The van der Waals surface area contributed by atoms with Crippen LogP contribution >= 0.6 is 0 Å². The molecule has 1 aliphatic rings. The molecule has 2 aromatic heterocycles. The summed E-state index contributed by atoms with van der Waals surface area (Å²) in [5.41, 5.74) is 1.80. The summed E-state index contributed by atoms with van der Waals surface area (Å²) in [7, 11) is 1.83. The Morgan fingerprint density at radius 2 is 2.19 bits per heavy atom. The molecule has 9 heteroatoms. The van der Waals surface area contributed by atoms with E-state index < -0.39 is 0 Å². The quantitative estimate of drug-likeness (QED) is 0.696. The van der Waals surface area contributed by atoms with Crippen LogP contribution in [-0.2, 0) is 20.7 Å². The first-order chi connectivity index (χ1) is 12.9. The summed E-state index contributed by atoms with van der Waals surface area (Å²) in [6.07, 6.45) is 3.17. The van der Waals surface area contributed by atoms with Gasteiger partial charge in [0.05, 0.1) is 12.6 Å². The molecule has 1 unspecified atom stereocenters. The Balaban J connectivity index is 1.93. The Morgan fingerprint density at radius 3 is 2.89 bits per heavy atom. The molecule has 9 nitrogen and oxygen atoms in total. The van der Waals surface area contributed by atoms with Gasteiger partial charge in [0.1, 0.15) is 12.1 Å². The van der Waals surface area contributed by atoms with E-state index in [0.717, 1.165) is 30.0 Å². The fourth-order valence-electron chi connectivity index (χ4n) is 3.55. The van der Waals surface area contributed by atoms with Crippen molar-refractivity contribution in [2.45, 2.75) is 46.1 Å². The Kier molecular flexibility index (Phi) is 5.57. The topological polar surface area (TPSA) is 92.9 Å². The molecule has 0 aromatic carbocycles. The minimum Gasteiger partial charge on any atom is -0.466 e. The predicted molar refractivity (Wildman–Crippen MR) is 99.5 cm³/mol. The standard InChI is InChI=1S/C18H26N6O3/c1-5-27-16(26)7-6-15-12(2)21-18-19-11-20-24(18)17(15)23-9-8-14(10-23)22(4)13(3)25/h11,14H,5-10H2,1-4H3. The molecule has 1 fully saturated rings. The van der Waals surface area contributed by atoms with E-state index in [1.54, 1.807) is 23.3 Å². The van der Waals surface area contributed by atoms with Gasteiger partial charge in [-0.15, -0.1) is 0 Å². The van der Waals surface area contributed by atoms with Crippen LogP contribution in [0.3, 0.4) is 0 Å². The highest BCUT2D eigenvalue weighted by atomic mass is 16.5. The van der Waals surface area contributed by atoms with Crippen LogP contribution in [0, 0.1) is 6.92 Å². The summed E-state index contributed by atoms with van der Waals surface area (Å²) in [5, 5.41) is 4.34. The van der Waals surface area contributed by atoms with Crippen LogP contribution in [0.4, 0.5) is 5.82 Å². The second kappa shape index (κ2) is 7.89. The maximum atomic E-state index is 11.9. The average molecular weight is 374 g/mol. The molecule has 0 bridgehead atoms. The maximum absolute atomic E-state index is 11.9. The fraction of sp³-hybridized carbons (Fsp3) is 0.611. The Bertz CT molecular complexity index is 849. The van der Waals surface area contributed by atoms with Crippen molar-refractivity contribution in [3.63, 3.8) is 0 Å². The van der Waals surface area contributed by atoms with Crippen molar-refractivity contribution in [1.29, 1.82) is 0 Å². The number of hydrogen-bond acceptors (Lipinski definition) is 7. The molecule has 3 heterocycles. The lowest BCUT2D eigenvalue weighted by Gasteiger charge is -2.26. The average Bonchev–Trinajstić information content (AvgIpc) is 3.28. The van der Waals surface area contributed by atoms with E-state index in [9.17, 15) is 9.59 Å². The van der Waals surface area contributed by atoms with Gasteiger partial charge in [0.25, 0.3) is 5.78 Å². The normalized spacial score (nSPS) is 16.7. The first-order valence-electron chi connectivity index (χ1n) is 9.25. The van der Waals surface area contributed by atoms with Gasteiger partial charge in [-0.05, 0) is 26.7 Å². The Morgan fingerprint density at radius 1 is 1.41 bits per heavy atom. The van der Waals surface area contributed by atoms with Crippen LogP contribution in [-0.4, -0.2) is 69.1 Å². The first-order valence-corrected chi connectivity index (χ1v) is 9.25. The molecule has 1 amide bonds. The smallest absolute Gasteiger partial charge is 0.306 e. The summed E-state index contributed by atoms with van der Waals surface area (Å²) in [4.78, 5) is 36.3. The van der Waals surface area contributed by atoms with Gasteiger partial charge in [0.2, 0.25) is 5.91 Å². The van der Waals surface area contributed by atoms with E-state index >= 15 is 0 Å². The van der Waals surface area contributed by atoms with Gasteiger partial charge in [0.15, 0.2) is 0 Å². The van der Waals surface area contributed by atoms with Crippen molar-refractivity contribution >= 4 is 23.5 Å². The minimum atomic E-state index is -0.225. The number of esters is 1. The van der Waals surface area contributed by atoms with Crippen molar-refractivity contribution < 1.29 is 14.3 Å². The summed E-state index contributed by atoms with van der Waals surface area (Å²) in [6.45, 7) is 7.19. The number of fused-ring (bicyclic) bond motifs is 1. The van der Waals surface area contributed by atoms with Gasteiger partial charge in [-0.3, -0.25) is 9.59 Å². The van der Waals surface area contributed by atoms with Crippen LogP contribution in [0.25, 0.3) is 5.78 Å². The number of aromatic nitrogens is 4. The molecule has 1 saturated heterocycles. The third-order valence-corrected chi connectivity index (χ3v) is 5.10. The highest BCUT2D eigenvalue weighted by Gasteiger charge is 2.31. The number of anilines is 1. The van der Waals surface area contributed by atoms with Crippen molar-refractivity contribution in [1.82, 2.24) is 24.5 Å². The number of likely N-dealkylation sites (N-methyl/N-ethyl adjacent to an activating group) is 1. The van der Waals surface area contributed by atoms with Gasteiger partial charge in [-0.2, -0.15) is 14.6 Å². The molecule has 2 aromatic rings. The summed E-state index contributed by atoms with van der Waals surface area (Å²) in [6, 6.07) is 0.146. The van der Waals surface area contributed by atoms with Gasteiger partial charge in [0, 0.05) is 44.7 Å². The highest BCUT2D eigenvalue weighted by molar-refractivity contribution is 5.73. The lowest BCUT2D eigenvalue weighted by atomic mass is 10.1. The number of carbonyl (C=O) groups is 2. The van der Waals surface area contributed by atoms with E-state index in [2.05, 4.69) is 20.0 Å². The van der Waals surface area contributed by atoms with Crippen LogP contribution in [0.15, 0.2) is 6.33 Å². The van der Waals surface area contributed by atoms with Crippen LogP contribution in [0.1, 0.15) is 37.9 Å². The van der Waals surface area contributed by atoms with Gasteiger partial charge in [-0.25, -0.2) is 4.98 Å². The maximum Gasteiger partial charge on any atom is 0.306 e. The molecule has 146 valence electrons. The largest absolute Gasteiger partial charge is 0.466 e. The predicted octanol–water partition coefficient (Wildman–Crippen LogP) is 0.985. The summed E-state index contributed by atoms with van der Waals surface area (Å²) >= 11 is 0. The molecule has 0 N–H and O–H groups in total. The van der Waals surface area contributed by atoms with Crippen molar-refractivity contribution in [3.05, 3.63) is 17.6 Å². The Labute approximate surface area is 158 Å².